The molecule has 9 nitrogen and oxygen atoms in total. The third-order valence-corrected chi connectivity index (χ3v) is 6.11. The number of carbonyl (C=O) groups excluding carboxylic acids is 1. The molecule has 0 aromatic carbocycles. The molecule has 2 aromatic rings. The van der Waals surface area contributed by atoms with E-state index in [-0.39, 0.29) is 23.8 Å². The van der Waals surface area contributed by atoms with Crippen molar-refractivity contribution in [1.82, 2.24) is 19.3 Å². The number of H-pyrrole nitrogens is 1. The molecule has 2 rings (SSSR count). The molecule has 0 aliphatic rings. The molecule has 0 radical (unpaired) electrons. The van der Waals surface area contributed by atoms with Gasteiger partial charge in [0.1, 0.15) is 5.82 Å². The highest BCUT2D eigenvalue weighted by atomic mass is 16.2. The van der Waals surface area contributed by atoms with E-state index in [9.17, 15) is 14.4 Å². The predicted molar refractivity (Wildman–Crippen MR) is 137 cm³/mol. The topological polar surface area (TPSA) is 119 Å². The lowest BCUT2D eigenvalue weighted by Crippen LogP contribution is -2.42. The van der Waals surface area contributed by atoms with Crippen LogP contribution >= 0.6 is 0 Å². The third-order valence-electron chi connectivity index (χ3n) is 6.11. The monoisotopic (exact) mass is 474 g/mol. The Bertz CT molecular complexity index is 1090. The van der Waals surface area contributed by atoms with Gasteiger partial charge in [0.2, 0.25) is 5.91 Å². The van der Waals surface area contributed by atoms with E-state index in [0.29, 0.717) is 37.8 Å². The van der Waals surface area contributed by atoms with Crippen LogP contribution in [0.15, 0.2) is 9.59 Å². The number of nitrogens with two attached hydrogens (primary N) is 1. The number of nitrogens with one attached hydrogen (secondary N) is 1. The number of carbonyl (C=O) groups is 1. The lowest BCUT2D eigenvalue weighted by Gasteiger charge is -2.25. The zero-order chi connectivity index (χ0) is 25.6. The molecule has 0 aliphatic carbocycles. The third kappa shape index (κ3) is 6.61. The molecule has 9 heteroatoms. The first kappa shape index (κ1) is 27.4. The van der Waals surface area contributed by atoms with Crippen molar-refractivity contribution in [3.05, 3.63) is 37.8 Å². The molecule has 190 valence electrons. The first-order chi connectivity index (χ1) is 16.0. The van der Waals surface area contributed by atoms with Crippen LogP contribution in [0.1, 0.15) is 77.3 Å². The molecular weight excluding hydrogens is 432 g/mol. The van der Waals surface area contributed by atoms with Gasteiger partial charge in [-0.3, -0.25) is 23.8 Å². The minimum absolute atomic E-state index is 0.0522. The summed E-state index contributed by atoms with van der Waals surface area (Å²) in [7, 11) is 0. The van der Waals surface area contributed by atoms with Gasteiger partial charge in [-0.15, -0.1) is 0 Å². The summed E-state index contributed by atoms with van der Waals surface area (Å²) < 4.78 is 3.36. The maximum Gasteiger partial charge on any atom is 0.330 e. The average Bonchev–Trinajstić information content (AvgIpc) is 3.00. The van der Waals surface area contributed by atoms with Crippen molar-refractivity contribution in [2.75, 3.05) is 17.2 Å². The summed E-state index contributed by atoms with van der Waals surface area (Å²) in [6.45, 7) is 16.0. The number of amides is 1. The Kier molecular flexibility index (Phi) is 9.70. The molecule has 0 bridgehead atoms. The van der Waals surface area contributed by atoms with E-state index in [2.05, 4.69) is 37.8 Å². The number of rotatable bonds is 12. The molecule has 1 amide bonds. The van der Waals surface area contributed by atoms with E-state index >= 15 is 0 Å². The summed E-state index contributed by atoms with van der Waals surface area (Å²) in [4.78, 5) is 42.5. The van der Waals surface area contributed by atoms with Crippen molar-refractivity contribution >= 4 is 17.4 Å². The van der Waals surface area contributed by atoms with E-state index in [1.165, 1.54) is 9.47 Å². The molecule has 0 aliphatic heterocycles. The van der Waals surface area contributed by atoms with Gasteiger partial charge in [-0.2, -0.15) is 5.10 Å². The molecule has 0 fully saturated rings. The van der Waals surface area contributed by atoms with Gasteiger partial charge < -0.3 is 10.6 Å². The van der Waals surface area contributed by atoms with Crippen LogP contribution in [0.2, 0.25) is 0 Å². The highest BCUT2D eigenvalue weighted by Gasteiger charge is 2.25. The van der Waals surface area contributed by atoms with Crippen LogP contribution in [-0.2, 0) is 24.3 Å². The lowest BCUT2D eigenvalue weighted by atomic mass is 10.1. The minimum Gasteiger partial charge on any atom is -0.383 e. The fourth-order valence-corrected chi connectivity index (χ4v) is 4.11. The highest BCUT2D eigenvalue weighted by molar-refractivity contribution is 5.95. The molecule has 0 spiro atoms. The Balaban J connectivity index is 2.38. The molecule has 0 atom stereocenters. The normalized spacial score (nSPS) is 11.6. The van der Waals surface area contributed by atoms with Crippen molar-refractivity contribution in [3.63, 3.8) is 0 Å². The van der Waals surface area contributed by atoms with E-state index in [1.807, 2.05) is 25.5 Å². The van der Waals surface area contributed by atoms with Gasteiger partial charge in [0, 0.05) is 31.7 Å². The number of aryl methyl sites for hydroxylation is 1. The van der Waals surface area contributed by atoms with Crippen molar-refractivity contribution in [1.29, 1.82) is 0 Å². The number of aromatic amines is 1. The van der Waals surface area contributed by atoms with Crippen LogP contribution in [-0.4, -0.2) is 31.8 Å². The molecule has 0 unspecified atom stereocenters. The van der Waals surface area contributed by atoms with Gasteiger partial charge >= 0.3 is 5.69 Å². The van der Waals surface area contributed by atoms with Crippen LogP contribution in [0.3, 0.4) is 0 Å². The van der Waals surface area contributed by atoms with Crippen molar-refractivity contribution in [2.24, 2.45) is 11.8 Å². The Hall–Kier alpha value is -2.84. The van der Waals surface area contributed by atoms with E-state index in [1.54, 1.807) is 0 Å². The van der Waals surface area contributed by atoms with Crippen LogP contribution in [0.25, 0.3) is 0 Å². The van der Waals surface area contributed by atoms with Crippen LogP contribution in [0.5, 0.6) is 0 Å². The number of hydrogen-bond acceptors (Lipinski definition) is 5. The first-order valence-electron chi connectivity index (χ1n) is 12.4. The molecular formula is C25H42N6O3. The quantitative estimate of drug-likeness (QED) is 0.489. The molecule has 0 saturated carbocycles. The Labute approximate surface area is 202 Å². The predicted octanol–water partition coefficient (Wildman–Crippen LogP) is 3.40. The van der Waals surface area contributed by atoms with Gasteiger partial charge in [-0.1, -0.05) is 41.0 Å². The summed E-state index contributed by atoms with van der Waals surface area (Å²) in [5.41, 5.74) is 8.28. The van der Waals surface area contributed by atoms with E-state index in [4.69, 9.17) is 5.73 Å². The number of nitrogen functional groups attached to an aromatic ring is 1. The molecule has 2 aromatic heterocycles. The molecule has 0 saturated heterocycles. The number of unbranched alkanes of at least 4 members (excludes halogenated alkanes) is 1. The highest BCUT2D eigenvalue weighted by Crippen LogP contribution is 2.22. The van der Waals surface area contributed by atoms with Crippen LogP contribution < -0.4 is 21.9 Å². The number of aromatic nitrogens is 4. The Morgan fingerprint density at radius 2 is 1.82 bits per heavy atom. The van der Waals surface area contributed by atoms with Crippen molar-refractivity contribution in [2.45, 2.75) is 93.7 Å². The summed E-state index contributed by atoms with van der Waals surface area (Å²) in [5.74, 6) is 0.669. The zero-order valence-electron chi connectivity index (χ0n) is 21.9. The van der Waals surface area contributed by atoms with Crippen LogP contribution in [0, 0.1) is 25.7 Å². The summed E-state index contributed by atoms with van der Waals surface area (Å²) in [5, 5.41) is 4.65. The fourth-order valence-electron chi connectivity index (χ4n) is 4.11. The summed E-state index contributed by atoms with van der Waals surface area (Å²) in [6, 6.07) is 0. The number of anilines is 2. The van der Waals surface area contributed by atoms with Crippen LogP contribution in [0.4, 0.5) is 11.5 Å². The molecule has 3 N–H and O–H groups in total. The van der Waals surface area contributed by atoms with E-state index in [0.717, 1.165) is 36.3 Å². The van der Waals surface area contributed by atoms with E-state index < -0.39 is 11.2 Å². The standard InChI is InChI=1S/C25H42N6O3/c1-8-9-13-30-23(26)22(24(33)27-25(30)34)29(14-12-16(2)3)21(32)11-10-20-18(6)28-31(19(20)7)15-17(4)5/h16-17H,8-15,26H2,1-7H3,(H,27,33,34). The van der Waals surface area contributed by atoms with Gasteiger partial charge in [0.25, 0.3) is 5.56 Å². The van der Waals surface area contributed by atoms with Gasteiger partial charge in [-0.05, 0) is 50.5 Å². The zero-order valence-corrected chi connectivity index (χ0v) is 21.9. The number of nitrogens with zero attached hydrogens (tertiary/aromatic N) is 4. The molecule has 34 heavy (non-hydrogen) atoms. The summed E-state index contributed by atoms with van der Waals surface area (Å²) in [6.07, 6.45) is 3.08. The maximum atomic E-state index is 13.5. The minimum atomic E-state index is -0.621. The van der Waals surface area contributed by atoms with Gasteiger partial charge in [-0.25, -0.2) is 4.79 Å². The smallest absolute Gasteiger partial charge is 0.330 e. The SMILES string of the molecule is CCCCn1c(N)c(N(CCC(C)C)C(=O)CCc2c(C)nn(CC(C)C)c2C)c(=O)[nH]c1=O. The van der Waals surface area contributed by atoms with Crippen molar-refractivity contribution < 1.29 is 4.79 Å². The second kappa shape index (κ2) is 12.0. The summed E-state index contributed by atoms with van der Waals surface area (Å²) >= 11 is 0. The molecule has 2 heterocycles. The second-order valence-electron chi connectivity index (χ2n) is 9.95. The van der Waals surface area contributed by atoms with Gasteiger partial charge in [0.05, 0.1) is 5.69 Å². The maximum absolute atomic E-state index is 13.5. The van der Waals surface area contributed by atoms with Gasteiger partial charge in [0.15, 0.2) is 5.69 Å². The van der Waals surface area contributed by atoms with Crippen molar-refractivity contribution in [3.8, 4) is 0 Å². The Morgan fingerprint density at radius 1 is 1.15 bits per heavy atom. The second-order valence-corrected chi connectivity index (χ2v) is 9.95. The lowest BCUT2D eigenvalue weighted by molar-refractivity contribution is -0.118. The largest absolute Gasteiger partial charge is 0.383 e. The fraction of sp³-hybridized carbons (Fsp3) is 0.680. The first-order valence-corrected chi connectivity index (χ1v) is 12.4. The Morgan fingerprint density at radius 3 is 2.41 bits per heavy atom. The average molecular weight is 475 g/mol. The number of hydrogen-bond donors (Lipinski definition) is 2.